The van der Waals surface area contributed by atoms with Crippen molar-refractivity contribution < 1.29 is 22.8 Å². The lowest BCUT2D eigenvalue weighted by Gasteiger charge is -2.14. The Labute approximate surface area is 181 Å². The maximum Gasteiger partial charge on any atom is 0.272 e. The van der Waals surface area contributed by atoms with Gasteiger partial charge in [-0.1, -0.05) is 34.8 Å². The molecule has 2 aromatic carbocycles. The summed E-state index contributed by atoms with van der Waals surface area (Å²) in [5.41, 5.74) is 1.98. The third-order valence-corrected chi connectivity index (χ3v) is 6.51. The lowest BCUT2D eigenvalue weighted by Crippen LogP contribution is -2.36. The Morgan fingerprint density at radius 1 is 1.16 bits per heavy atom. The SMILES string of the molecule is COCC(C)NC(=O)c1nn(Cc2ccc(S(=O)(=O)N(C)OC)cc2)c2ccccc12. The van der Waals surface area contributed by atoms with E-state index in [0.717, 1.165) is 20.9 Å². The minimum absolute atomic E-state index is 0.123. The first-order valence-corrected chi connectivity index (χ1v) is 11.1. The zero-order chi connectivity index (χ0) is 22.6. The van der Waals surface area contributed by atoms with Crippen molar-refractivity contribution in [1.29, 1.82) is 0 Å². The maximum absolute atomic E-state index is 12.7. The number of carbonyl (C=O) groups excluding carboxylic acids is 1. The molecule has 3 aromatic rings. The van der Waals surface area contributed by atoms with E-state index in [1.54, 1.807) is 23.9 Å². The van der Waals surface area contributed by atoms with Gasteiger partial charge in [0.25, 0.3) is 15.9 Å². The van der Waals surface area contributed by atoms with E-state index in [0.29, 0.717) is 18.8 Å². The van der Waals surface area contributed by atoms with Crippen molar-refractivity contribution in [3.8, 4) is 0 Å². The van der Waals surface area contributed by atoms with E-state index in [-0.39, 0.29) is 16.8 Å². The van der Waals surface area contributed by atoms with Crippen LogP contribution in [0, 0.1) is 0 Å². The smallest absolute Gasteiger partial charge is 0.272 e. The average Bonchev–Trinajstić information content (AvgIpc) is 3.12. The number of aromatic nitrogens is 2. The summed E-state index contributed by atoms with van der Waals surface area (Å²) < 4.78 is 32.3. The third-order valence-electron chi connectivity index (χ3n) is 4.82. The molecule has 0 saturated heterocycles. The number of methoxy groups -OCH3 is 1. The predicted octanol–water partition coefficient (Wildman–Crippen LogP) is 2.03. The van der Waals surface area contributed by atoms with Gasteiger partial charge in [0.1, 0.15) is 0 Å². The monoisotopic (exact) mass is 446 g/mol. The van der Waals surface area contributed by atoms with Crippen molar-refractivity contribution in [2.45, 2.75) is 24.4 Å². The van der Waals surface area contributed by atoms with Gasteiger partial charge in [0.05, 0.1) is 30.7 Å². The number of carbonyl (C=O) groups is 1. The van der Waals surface area contributed by atoms with Crippen LogP contribution in [0.1, 0.15) is 23.0 Å². The van der Waals surface area contributed by atoms with Crippen LogP contribution in [0.15, 0.2) is 53.4 Å². The van der Waals surface area contributed by atoms with Crippen LogP contribution in [0.3, 0.4) is 0 Å². The summed E-state index contributed by atoms with van der Waals surface area (Å²) in [6.45, 7) is 2.64. The van der Waals surface area contributed by atoms with E-state index in [2.05, 4.69) is 10.4 Å². The van der Waals surface area contributed by atoms with Crippen LogP contribution in [-0.4, -0.2) is 62.5 Å². The highest BCUT2D eigenvalue weighted by molar-refractivity contribution is 7.89. The Morgan fingerprint density at radius 2 is 1.84 bits per heavy atom. The Balaban J connectivity index is 1.88. The number of hydrogen-bond donors (Lipinski definition) is 1. The molecule has 1 N–H and O–H groups in total. The second kappa shape index (κ2) is 9.56. The van der Waals surface area contributed by atoms with Crippen LogP contribution in [0.5, 0.6) is 0 Å². The van der Waals surface area contributed by atoms with Crippen LogP contribution < -0.4 is 5.32 Å². The Morgan fingerprint density at radius 3 is 2.48 bits per heavy atom. The van der Waals surface area contributed by atoms with Gasteiger partial charge in [0.2, 0.25) is 0 Å². The summed E-state index contributed by atoms with van der Waals surface area (Å²) in [4.78, 5) is 17.7. The van der Waals surface area contributed by atoms with Crippen LogP contribution in [-0.2, 0) is 26.1 Å². The zero-order valence-corrected chi connectivity index (χ0v) is 18.7. The van der Waals surface area contributed by atoms with Gasteiger partial charge < -0.3 is 10.1 Å². The largest absolute Gasteiger partial charge is 0.383 e. The molecule has 10 heteroatoms. The van der Waals surface area contributed by atoms with E-state index >= 15 is 0 Å². The number of sulfonamides is 1. The van der Waals surface area contributed by atoms with Gasteiger partial charge in [0.15, 0.2) is 5.69 Å². The van der Waals surface area contributed by atoms with E-state index in [4.69, 9.17) is 9.57 Å². The number of hydroxylamine groups is 1. The molecule has 3 rings (SSSR count). The molecule has 0 radical (unpaired) electrons. The molecule has 1 amide bonds. The van der Waals surface area contributed by atoms with Crippen LogP contribution in [0.4, 0.5) is 0 Å². The van der Waals surface area contributed by atoms with E-state index in [1.807, 2.05) is 31.2 Å². The van der Waals surface area contributed by atoms with Gasteiger partial charge in [-0.05, 0) is 30.7 Å². The molecular formula is C21H26N4O5S. The highest BCUT2D eigenvalue weighted by Crippen LogP contribution is 2.21. The quantitative estimate of drug-likeness (QED) is 0.505. The summed E-state index contributed by atoms with van der Waals surface area (Å²) in [5.74, 6) is -0.274. The van der Waals surface area contributed by atoms with E-state index in [1.165, 1.54) is 26.3 Å². The van der Waals surface area contributed by atoms with E-state index < -0.39 is 10.0 Å². The van der Waals surface area contributed by atoms with Crippen molar-refractivity contribution >= 4 is 26.8 Å². The van der Waals surface area contributed by atoms with Gasteiger partial charge >= 0.3 is 0 Å². The average molecular weight is 447 g/mol. The molecule has 0 spiro atoms. The fourth-order valence-electron chi connectivity index (χ4n) is 3.19. The number of hydrogen-bond acceptors (Lipinski definition) is 6. The fourth-order valence-corrected chi connectivity index (χ4v) is 4.16. The predicted molar refractivity (Wildman–Crippen MR) is 116 cm³/mol. The molecule has 1 atom stereocenters. The lowest BCUT2D eigenvalue weighted by molar-refractivity contribution is -0.0258. The third kappa shape index (κ3) is 4.93. The van der Waals surface area contributed by atoms with Gasteiger partial charge in [-0.25, -0.2) is 8.42 Å². The van der Waals surface area contributed by atoms with Crippen molar-refractivity contribution in [3.05, 3.63) is 59.8 Å². The molecule has 0 fully saturated rings. The lowest BCUT2D eigenvalue weighted by atomic mass is 10.2. The minimum Gasteiger partial charge on any atom is -0.383 e. The van der Waals surface area contributed by atoms with Crippen molar-refractivity contribution in [2.75, 3.05) is 27.9 Å². The number of nitrogens with one attached hydrogen (secondary N) is 1. The normalized spacial score (nSPS) is 12.9. The second-order valence-corrected chi connectivity index (χ2v) is 9.03. The molecule has 0 aliphatic rings. The number of ether oxygens (including phenoxy) is 1. The zero-order valence-electron chi connectivity index (χ0n) is 17.9. The number of amides is 1. The number of rotatable bonds is 9. The molecule has 0 saturated carbocycles. The molecule has 1 heterocycles. The Kier molecular flexibility index (Phi) is 7.06. The Bertz CT molecular complexity index is 1160. The van der Waals surface area contributed by atoms with Crippen LogP contribution in [0.2, 0.25) is 0 Å². The maximum atomic E-state index is 12.7. The molecule has 9 nitrogen and oxygen atoms in total. The summed E-state index contributed by atoms with van der Waals surface area (Å²) >= 11 is 0. The molecule has 166 valence electrons. The summed E-state index contributed by atoms with van der Waals surface area (Å²) in [5, 5.41) is 8.15. The summed E-state index contributed by atoms with van der Waals surface area (Å²) in [6.07, 6.45) is 0. The Hall–Kier alpha value is -2.79. The molecule has 0 bridgehead atoms. The molecule has 1 aromatic heterocycles. The van der Waals surface area contributed by atoms with E-state index in [9.17, 15) is 13.2 Å². The standard InChI is InChI=1S/C21H26N4O5S/c1-15(14-29-3)22-21(26)20-18-7-5-6-8-19(18)25(23-20)13-16-9-11-17(12-10-16)31(27,28)24(2)30-4/h5-12,15H,13-14H2,1-4H3,(H,22,26). The molecule has 0 aliphatic carbocycles. The van der Waals surface area contributed by atoms with Gasteiger partial charge in [0, 0.05) is 25.6 Å². The van der Waals surface area contributed by atoms with Gasteiger partial charge in [-0.15, -0.1) is 0 Å². The fraction of sp³-hybridized carbons (Fsp3) is 0.333. The molecule has 0 aliphatic heterocycles. The second-order valence-electron chi connectivity index (χ2n) is 7.09. The minimum atomic E-state index is -3.71. The topological polar surface area (TPSA) is 103 Å². The van der Waals surface area contributed by atoms with Crippen molar-refractivity contribution in [3.63, 3.8) is 0 Å². The number of para-hydroxylation sites is 1. The highest BCUT2D eigenvalue weighted by atomic mass is 32.2. The van der Waals surface area contributed by atoms with Gasteiger partial charge in [-0.2, -0.15) is 5.10 Å². The molecular weight excluding hydrogens is 420 g/mol. The summed E-state index contributed by atoms with van der Waals surface area (Å²) in [7, 11) is 0.491. The molecule has 1 unspecified atom stereocenters. The van der Waals surface area contributed by atoms with Crippen LogP contribution >= 0.6 is 0 Å². The highest BCUT2D eigenvalue weighted by Gasteiger charge is 2.21. The van der Waals surface area contributed by atoms with Gasteiger partial charge in [-0.3, -0.25) is 14.3 Å². The number of benzene rings is 2. The van der Waals surface area contributed by atoms with Crippen molar-refractivity contribution in [1.82, 2.24) is 19.6 Å². The van der Waals surface area contributed by atoms with Crippen molar-refractivity contribution in [2.24, 2.45) is 0 Å². The number of nitrogens with zero attached hydrogens (tertiary/aromatic N) is 3. The number of fused-ring (bicyclic) bond motifs is 1. The molecule has 31 heavy (non-hydrogen) atoms. The first kappa shape index (κ1) is 22.9. The summed E-state index contributed by atoms with van der Waals surface area (Å²) in [6, 6.07) is 13.8. The first-order chi connectivity index (χ1) is 14.8. The first-order valence-electron chi connectivity index (χ1n) is 9.65. The van der Waals surface area contributed by atoms with Crippen LogP contribution in [0.25, 0.3) is 10.9 Å².